The Bertz CT molecular complexity index is 130. The minimum Gasteiger partial charge on any atom is -0.328 e. The summed E-state index contributed by atoms with van der Waals surface area (Å²) in [6, 6.07) is 1.20. The van der Waals surface area contributed by atoms with E-state index in [0.29, 0.717) is 6.04 Å². The van der Waals surface area contributed by atoms with E-state index in [2.05, 4.69) is 17.6 Å². The molecule has 0 aromatic rings. The smallest absolute Gasteiger partial charge is 0.00682 e. The molecule has 1 rings (SSSR count). The Morgan fingerprint density at radius 1 is 1.14 bits per heavy atom. The van der Waals surface area contributed by atoms with Crippen molar-refractivity contribution in [3.8, 4) is 0 Å². The minimum atomic E-state index is 0.467. The zero-order valence-corrected chi connectivity index (χ0v) is 9.39. The van der Waals surface area contributed by atoms with Crippen molar-refractivity contribution in [2.24, 2.45) is 5.73 Å². The van der Waals surface area contributed by atoms with E-state index in [0.717, 1.165) is 25.7 Å². The van der Waals surface area contributed by atoms with Gasteiger partial charge in [-0.15, -0.1) is 0 Å². The van der Waals surface area contributed by atoms with E-state index in [1.165, 1.54) is 32.1 Å². The summed E-state index contributed by atoms with van der Waals surface area (Å²) >= 11 is 0. The maximum absolute atomic E-state index is 5.85. The van der Waals surface area contributed by atoms with Gasteiger partial charge in [0.15, 0.2) is 0 Å². The molecule has 14 heavy (non-hydrogen) atoms. The third kappa shape index (κ3) is 4.94. The number of nitrogens with one attached hydrogen (secondary N) is 2. The molecule has 1 saturated carbocycles. The van der Waals surface area contributed by atoms with Crippen LogP contribution in [0.3, 0.4) is 0 Å². The van der Waals surface area contributed by atoms with Gasteiger partial charge in [0.05, 0.1) is 0 Å². The number of nitrogens with two attached hydrogens (primary N) is 1. The fourth-order valence-corrected chi connectivity index (χ4v) is 2.02. The molecule has 0 atom stereocenters. The summed E-state index contributed by atoms with van der Waals surface area (Å²) in [5, 5.41) is 6.94. The lowest BCUT2D eigenvalue weighted by Crippen LogP contribution is -2.38. The van der Waals surface area contributed by atoms with E-state index < -0.39 is 0 Å². The van der Waals surface area contributed by atoms with Crippen molar-refractivity contribution in [2.45, 2.75) is 51.1 Å². The maximum atomic E-state index is 5.85. The van der Waals surface area contributed by atoms with E-state index in [4.69, 9.17) is 5.73 Å². The predicted octanol–water partition coefficient (Wildman–Crippen LogP) is 0.846. The average molecular weight is 199 g/mol. The Kier molecular flexibility index (Phi) is 6.15. The quantitative estimate of drug-likeness (QED) is 0.556. The van der Waals surface area contributed by atoms with Crippen LogP contribution in [0.1, 0.15) is 39.0 Å². The molecule has 0 radical (unpaired) electrons. The molecule has 1 fully saturated rings. The van der Waals surface area contributed by atoms with Crippen LogP contribution in [-0.2, 0) is 0 Å². The summed E-state index contributed by atoms with van der Waals surface area (Å²) < 4.78 is 0. The zero-order chi connectivity index (χ0) is 10.2. The molecular weight excluding hydrogens is 174 g/mol. The van der Waals surface area contributed by atoms with Crippen molar-refractivity contribution in [1.82, 2.24) is 10.6 Å². The molecule has 1 aliphatic carbocycles. The van der Waals surface area contributed by atoms with Crippen LogP contribution in [0.25, 0.3) is 0 Å². The van der Waals surface area contributed by atoms with Gasteiger partial charge in [-0.05, 0) is 51.7 Å². The molecule has 0 aromatic carbocycles. The van der Waals surface area contributed by atoms with Crippen LogP contribution in [-0.4, -0.2) is 31.7 Å². The van der Waals surface area contributed by atoms with Crippen LogP contribution < -0.4 is 16.4 Å². The lowest BCUT2D eigenvalue weighted by atomic mass is 9.92. The van der Waals surface area contributed by atoms with Crippen LogP contribution >= 0.6 is 0 Å². The van der Waals surface area contributed by atoms with Gasteiger partial charge in [-0.25, -0.2) is 0 Å². The van der Waals surface area contributed by atoms with Gasteiger partial charge < -0.3 is 16.4 Å². The van der Waals surface area contributed by atoms with Gasteiger partial charge in [0.25, 0.3) is 0 Å². The van der Waals surface area contributed by atoms with Crippen LogP contribution in [0.5, 0.6) is 0 Å². The lowest BCUT2D eigenvalue weighted by molar-refractivity contribution is 0.341. The monoisotopic (exact) mass is 199 g/mol. The van der Waals surface area contributed by atoms with Crippen molar-refractivity contribution in [1.29, 1.82) is 0 Å². The standard InChI is InChI=1S/C11H25N3/c1-2-13-8-3-9-14-11-6-4-10(12)5-7-11/h10-11,13-14H,2-9,12H2,1H3. The number of rotatable bonds is 6. The summed E-state index contributed by atoms with van der Waals surface area (Å²) in [5.41, 5.74) is 5.85. The molecule has 0 heterocycles. The first-order valence-electron chi connectivity index (χ1n) is 6.02. The van der Waals surface area contributed by atoms with E-state index in [1.54, 1.807) is 0 Å². The molecule has 3 nitrogen and oxygen atoms in total. The Morgan fingerprint density at radius 2 is 1.86 bits per heavy atom. The molecule has 1 aliphatic rings. The Balaban J connectivity index is 1.91. The molecule has 3 heteroatoms. The van der Waals surface area contributed by atoms with Crippen molar-refractivity contribution in [2.75, 3.05) is 19.6 Å². The molecule has 0 spiro atoms. The summed E-state index contributed by atoms with van der Waals surface area (Å²) in [7, 11) is 0. The lowest BCUT2D eigenvalue weighted by Gasteiger charge is -2.26. The van der Waals surface area contributed by atoms with Gasteiger partial charge in [-0.2, -0.15) is 0 Å². The van der Waals surface area contributed by atoms with Crippen LogP contribution in [0, 0.1) is 0 Å². The topological polar surface area (TPSA) is 50.1 Å². The highest BCUT2D eigenvalue weighted by molar-refractivity contribution is 4.78. The molecular formula is C11H25N3. The van der Waals surface area contributed by atoms with Crippen molar-refractivity contribution >= 4 is 0 Å². The molecule has 0 amide bonds. The van der Waals surface area contributed by atoms with Gasteiger partial charge in [-0.1, -0.05) is 6.92 Å². The van der Waals surface area contributed by atoms with Gasteiger partial charge in [0.2, 0.25) is 0 Å². The third-order valence-electron chi connectivity index (χ3n) is 2.99. The maximum Gasteiger partial charge on any atom is 0.00682 e. The second kappa shape index (κ2) is 7.21. The fourth-order valence-electron chi connectivity index (χ4n) is 2.02. The fraction of sp³-hybridized carbons (Fsp3) is 1.00. The SMILES string of the molecule is CCNCCCNC1CCC(N)CC1. The van der Waals surface area contributed by atoms with Crippen molar-refractivity contribution in [3.63, 3.8) is 0 Å². The summed E-state index contributed by atoms with van der Waals surface area (Å²) in [6.45, 7) is 5.51. The molecule has 0 bridgehead atoms. The Morgan fingerprint density at radius 3 is 2.50 bits per heavy atom. The Hall–Kier alpha value is -0.120. The van der Waals surface area contributed by atoms with Crippen LogP contribution in [0.15, 0.2) is 0 Å². The average Bonchev–Trinajstić information content (AvgIpc) is 2.21. The van der Waals surface area contributed by atoms with Gasteiger partial charge in [0, 0.05) is 12.1 Å². The van der Waals surface area contributed by atoms with Gasteiger partial charge in [-0.3, -0.25) is 0 Å². The molecule has 4 N–H and O–H groups in total. The second-order valence-electron chi connectivity index (χ2n) is 4.27. The van der Waals surface area contributed by atoms with E-state index in [9.17, 15) is 0 Å². The molecule has 0 unspecified atom stereocenters. The first kappa shape index (κ1) is 12.0. The predicted molar refractivity (Wildman–Crippen MR) is 61.4 cm³/mol. The number of hydrogen-bond acceptors (Lipinski definition) is 3. The largest absolute Gasteiger partial charge is 0.328 e. The summed E-state index contributed by atoms with van der Waals surface area (Å²) in [6.07, 6.45) is 6.16. The van der Waals surface area contributed by atoms with Crippen LogP contribution in [0.4, 0.5) is 0 Å². The van der Waals surface area contributed by atoms with Crippen LogP contribution in [0.2, 0.25) is 0 Å². The molecule has 0 saturated heterocycles. The highest BCUT2D eigenvalue weighted by Crippen LogP contribution is 2.16. The summed E-state index contributed by atoms with van der Waals surface area (Å²) in [5.74, 6) is 0. The zero-order valence-electron chi connectivity index (χ0n) is 9.39. The van der Waals surface area contributed by atoms with E-state index in [1.807, 2.05) is 0 Å². The van der Waals surface area contributed by atoms with Gasteiger partial charge >= 0.3 is 0 Å². The van der Waals surface area contributed by atoms with Gasteiger partial charge in [0.1, 0.15) is 0 Å². The summed E-state index contributed by atoms with van der Waals surface area (Å²) in [4.78, 5) is 0. The second-order valence-corrected chi connectivity index (χ2v) is 4.27. The van der Waals surface area contributed by atoms with Crippen molar-refractivity contribution < 1.29 is 0 Å². The molecule has 0 aromatic heterocycles. The first-order chi connectivity index (χ1) is 6.83. The Labute approximate surface area is 87.8 Å². The third-order valence-corrected chi connectivity index (χ3v) is 2.99. The molecule has 0 aliphatic heterocycles. The van der Waals surface area contributed by atoms with E-state index >= 15 is 0 Å². The first-order valence-corrected chi connectivity index (χ1v) is 6.02. The highest BCUT2D eigenvalue weighted by atomic mass is 14.9. The number of hydrogen-bond donors (Lipinski definition) is 3. The molecule has 84 valence electrons. The normalized spacial score (nSPS) is 27.9. The highest BCUT2D eigenvalue weighted by Gasteiger charge is 2.17. The van der Waals surface area contributed by atoms with Crippen molar-refractivity contribution in [3.05, 3.63) is 0 Å². The van der Waals surface area contributed by atoms with E-state index in [-0.39, 0.29) is 0 Å². The minimum absolute atomic E-state index is 0.467.